The van der Waals surface area contributed by atoms with E-state index in [1.807, 2.05) is 82.7 Å². The average molecular weight is 327 g/mol. The summed E-state index contributed by atoms with van der Waals surface area (Å²) in [6, 6.07) is 22.1. The predicted molar refractivity (Wildman–Crippen MR) is 98.4 cm³/mol. The third-order valence-electron chi connectivity index (χ3n) is 3.83. The summed E-state index contributed by atoms with van der Waals surface area (Å²) in [5.41, 5.74) is 4.40. The Labute approximate surface area is 143 Å². The minimum absolute atomic E-state index is 0.626. The molecule has 0 saturated carbocycles. The van der Waals surface area contributed by atoms with Gasteiger partial charge in [-0.2, -0.15) is 5.26 Å². The highest BCUT2D eigenvalue weighted by Crippen LogP contribution is 2.29. The Morgan fingerprint density at radius 3 is 2.46 bits per heavy atom. The number of nitrogens with zero attached hydrogens (tertiary/aromatic N) is 3. The number of fused-ring (bicyclic) bond motifs is 1. The molecule has 0 radical (unpaired) electrons. The fourth-order valence-corrected chi connectivity index (χ4v) is 3.41. The molecule has 2 aromatic carbocycles. The summed E-state index contributed by atoms with van der Waals surface area (Å²) in [7, 11) is 0. The monoisotopic (exact) mass is 327 g/mol. The smallest absolute Gasteiger partial charge is 0.194 e. The summed E-state index contributed by atoms with van der Waals surface area (Å²) in [5, 5.41) is 11.6. The summed E-state index contributed by atoms with van der Waals surface area (Å²) < 4.78 is 2.04. The number of aromatic nitrogens is 2. The van der Waals surface area contributed by atoms with E-state index in [1.54, 1.807) is 11.3 Å². The molecule has 4 heteroatoms. The number of allylic oxidation sites excluding steroid dienone is 1. The van der Waals surface area contributed by atoms with Crippen LogP contribution in [-0.4, -0.2) is 9.38 Å². The lowest BCUT2D eigenvalue weighted by molar-refractivity contribution is 1.21. The summed E-state index contributed by atoms with van der Waals surface area (Å²) in [6.45, 7) is 0. The molecule has 0 N–H and O–H groups in total. The van der Waals surface area contributed by atoms with Gasteiger partial charge in [-0.3, -0.25) is 4.40 Å². The molecule has 0 aliphatic carbocycles. The van der Waals surface area contributed by atoms with Crippen LogP contribution < -0.4 is 0 Å². The number of hydrogen-bond donors (Lipinski definition) is 0. The van der Waals surface area contributed by atoms with Crippen molar-refractivity contribution < 1.29 is 0 Å². The maximum absolute atomic E-state index is 9.62. The fourth-order valence-electron chi connectivity index (χ4n) is 2.68. The lowest BCUT2D eigenvalue weighted by atomic mass is 10.0. The molecule has 0 spiro atoms. The zero-order valence-electron chi connectivity index (χ0n) is 12.8. The first kappa shape index (κ1) is 14.4. The standard InChI is InChI=1S/C20H13N3S/c21-14-17(15-7-3-1-4-8-15)13-18-19(16-9-5-2-6-10-16)22-20-23(18)11-12-24-20/h1-13H. The van der Waals surface area contributed by atoms with Crippen LogP contribution in [-0.2, 0) is 0 Å². The number of hydrogen-bond acceptors (Lipinski definition) is 3. The molecule has 0 bridgehead atoms. The summed E-state index contributed by atoms with van der Waals surface area (Å²) in [4.78, 5) is 5.67. The number of rotatable bonds is 3. The molecule has 2 aromatic heterocycles. The van der Waals surface area contributed by atoms with Gasteiger partial charge in [-0.25, -0.2) is 4.98 Å². The zero-order chi connectivity index (χ0) is 16.4. The normalized spacial score (nSPS) is 11.5. The zero-order valence-corrected chi connectivity index (χ0v) is 13.6. The molecule has 0 fully saturated rings. The molecule has 4 rings (SSSR count). The molecule has 0 aliphatic heterocycles. The first-order valence-electron chi connectivity index (χ1n) is 7.55. The molecule has 2 heterocycles. The van der Waals surface area contributed by atoms with Crippen molar-refractivity contribution >= 4 is 27.9 Å². The Bertz CT molecular complexity index is 1050. The predicted octanol–water partition coefficient (Wildman–Crippen LogP) is 5.13. The molecular weight excluding hydrogens is 314 g/mol. The SMILES string of the molecule is N#CC(=Cc1c(-c2ccccc2)nc2sccn12)c1ccccc1. The van der Waals surface area contributed by atoms with Crippen LogP contribution in [0.15, 0.2) is 72.2 Å². The number of nitriles is 1. The van der Waals surface area contributed by atoms with Crippen LogP contribution in [0.2, 0.25) is 0 Å². The molecular formula is C20H13N3S. The molecule has 0 amide bonds. The highest BCUT2D eigenvalue weighted by Gasteiger charge is 2.14. The van der Waals surface area contributed by atoms with Gasteiger partial charge in [-0.15, -0.1) is 11.3 Å². The third-order valence-corrected chi connectivity index (χ3v) is 4.59. The second-order valence-electron chi connectivity index (χ2n) is 5.30. The quantitative estimate of drug-likeness (QED) is 0.490. The van der Waals surface area contributed by atoms with Crippen LogP contribution in [0.1, 0.15) is 11.3 Å². The van der Waals surface area contributed by atoms with Crippen molar-refractivity contribution in [1.82, 2.24) is 9.38 Å². The maximum Gasteiger partial charge on any atom is 0.194 e. The molecule has 114 valence electrons. The van der Waals surface area contributed by atoms with Crippen molar-refractivity contribution in [2.24, 2.45) is 0 Å². The van der Waals surface area contributed by atoms with Gasteiger partial charge in [-0.1, -0.05) is 60.7 Å². The maximum atomic E-state index is 9.62. The lowest BCUT2D eigenvalue weighted by Gasteiger charge is -2.02. The van der Waals surface area contributed by atoms with Crippen LogP contribution in [0, 0.1) is 11.3 Å². The van der Waals surface area contributed by atoms with Gasteiger partial charge in [0.05, 0.1) is 23.0 Å². The van der Waals surface area contributed by atoms with Crippen molar-refractivity contribution in [2.75, 3.05) is 0 Å². The van der Waals surface area contributed by atoms with Crippen LogP contribution in [0.3, 0.4) is 0 Å². The van der Waals surface area contributed by atoms with E-state index in [2.05, 4.69) is 6.07 Å². The van der Waals surface area contributed by atoms with Crippen molar-refractivity contribution in [3.05, 3.63) is 83.5 Å². The van der Waals surface area contributed by atoms with Gasteiger partial charge in [0.1, 0.15) is 0 Å². The van der Waals surface area contributed by atoms with Crippen molar-refractivity contribution in [1.29, 1.82) is 5.26 Å². The van der Waals surface area contributed by atoms with E-state index in [4.69, 9.17) is 4.98 Å². The first-order chi connectivity index (χ1) is 11.9. The molecule has 24 heavy (non-hydrogen) atoms. The molecule has 4 aromatic rings. The molecule has 0 atom stereocenters. The van der Waals surface area contributed by atoms with Gasteiger partial charge < -0.3 is 0 Å². The van der Waals surface area contributed by atoms with Gasteiger partial charge in [0.25, 0.3) is 0 Å². The van der Waals surface area contributed by atoms with E-state index in [0.717, 1.165) is 27.5 Å². The summed E-state index contributed by atoms with van der Waals surface area (Å²) in [6.07, 6.45) is 3.91. The largest absolute Gasteiger partial charge is 0.290 e. The minimum Gasteiger partial charge on any atom is -0.290 e. The van der Waals surface area contributed by atoms with Crippen LogP contribution in [0.25, 0.3) is 27.9 Å². The summed E-state index contributed by atoms with van der Waals surface area (Å²) in [5.74, 6) is 0. The Kier molecular flexibility index (Phi) is 3.70. The lowest BCUT2D eigenvalue weighted by Crippen LogP contribution is -1.88. The second-order valence-corrected chi connectivity index (χ2v) is 6.18. The van der Waals surface area contributed by atoms with Crippen LogP contribution >= 0.6 is 11.3 Å². The Hall–Kier alpha value is -3.16. The van der Waals surface area contributed by atoms with Crippen molar-refractivity contribution in [2.45, 2.75) is 0 Å². The van der Waals surface area contributed by atoms with Crippen LogP contribution in [0.4, 0.5) is 0 Å². The number of imidazole rings is 1. The van der Waals surface area contributed by atoms with Gasteiger partial charge in [-0.05, 0) is 11.6 Å². The highest BCUT2D eigenvalue weighted by molar-refractivity contribution is 7.15. The van der Waals surface area contributed by atoms with Gasteiger partial charge >= 0.3 is 0 Å². The summed E-state index contributed by atoms with van der Waals surface area (Å²) >= 11 is 1.59. The highest BCUT2D eigenvalue weighted by atomic mass is 32.1. The number of thiazole rings is 1. The average Bonchev–Trinajstić information content (AvgIpc) is 3.23. The van der Waals surface area contributed by atoms with E-state index < -0.39 is 0 Å². The van der Waals surface area contributed by atoms with Crippen LogP contribution in [0.5, 0.6) is 0 Å². The van der Waals surface area contributed by atoms with E-state index >= 15 is 0 Å². The van der Waals surface area contributed by atoms with Crippen molar-refractivity contribution in [3.63, 3.8) is 0 Å². The first-order valence-corrected chi connectivity index (χ1v) is 8.43. The molecule has 0 saturated heterocycles. The number of benzene rings is 2. The molecule has 3 nitrogen and oxygen atoms in total. The minimum atomic E-state index is 0.626. The van der Waals surface area contributed by atoms with Gasteiger partial charge in [0, 0.05) is 17.1 Å². The van der Waals surface area contributed by atoms with E-state index in [0.29, 0.717) is 5.57 Å². The second kappa shape index (κ2) is 6.15. The van der Waals surface area contributed by atoms with E-state index in [9.17, 15) is 5.26 Å². The van der Waals surface area contributed by atoms with E-state index in [1.165, 1.54) is 0 Å². The molecule has 0 aliphatic rings. The Balaban J connectivity index is 1.94. The Morgan fingerprint density at radius 1 is 1.04 bits per heavy atom. The Morgan fingerprint density at radius 2 is 1.75 bits per heavy atom. The van der Waals surface area contributed by atoms with E-state index in [-0.39, 0.29) is 0 Å². The fraction of sp³-hybridized carbons (Fsp3) is 0. The van der Waals surface area contributed by atoms with Crippen molar-refractivity contribution in [3.8, 4) is 17.3 Å². The van der Waals surface area contributed by atoms with Gasteiger partial charge in [0.15, 0.2) is 4.96 Å². The third kappa shape index (κ3) is 2.51. The van der Waals surface area contributed by atoms with Gasteiger partial charge in [0.2, 0.25) is 0 Å². The molecule has 0 unspecified atom stereocenters. The topological polar surface area (TPSA) is 41.1 Å².